The molecule has 21 heavy (non-hydrogen) atoms. The molecule has 0 spiro atoms. The molecule has 0 saturated heterocycles. The number of halogens is 1. The van der Waals surface area contributed by atoms with Crippen LogP contribution in [-0.2, 0) is 9.84 Å². The fourth-order valence-electron chi connectivity index (χ4n) is 2.25. The van der Waals surface area contributed by atoms with Gasteiger partial charge >= 0.3 is 0 Å². The van der Waals surface area contributed by atoms with Crippen molar-refractivity contribution < 1.29 is 12.8 Å². The Morgan fingerprint density at radius 2 is 1.62 bits per heavy atom. The second-order valence-corrected chi connectivity index (χ2v) is 6.59. The molecule has 0 fully saturated rings. The summed E-state index contributed by atoms with van der Waals surface area (Å²) in [6, 6.07) is 14.1. The van der Waals surface area contributed by atoms with E-state index in [1.54, 1.807) is 25.1 Å². The predicted octanol–water partition coefficient (Wildman–Crippen LogP) is 3.52. The van der Waals surface area contributed by atoms with E-state index in [1.807, 2.05) is 12.1 Å². The number of rotatable bonds is 2. The molecule has 1 heterocycles. The fourth-order valence-corrected chi connectivity index (χ4v) is 3.78. The largest absolute Gasteiger partial charge is 0.252 e. The Kier molecular flexibility index (Phi) is 3.22. The van der Waals surface area contributed by atoms with Crippen LogP contribution in [0.5, 0.6) is 0 Å². The van der Waals surface area contributed by atoms with Crippen molar-refractivity contribution in [1.29, 1.82) is 0 Å². The minimum absolute atomic E-state index is 0.0336. The highest BCUT2D eigenvalue weighted by Gasteiger charge is 2.24. The highest BCUT2D eigenvalue weighted by Crippen LogP contribution is 2.27. The van der Waals surface area contributed by atoms with E-state index in [4.69, 9.17) is 0 Å². The number of pyridine rings is 1. The lowest BCUT2D eigenvalue weighted by atomic mass is 10.2. The zero-order valence-corrected chi connectivity index (χ0v) is 12.1. The molecule has 0 aliphatic heterocycles. The Morgan fingerprint density at radius 1 is 0.952 bits per heavy atom. The van der Waals surface area contributed by atoms with E-state index in [-0.39, 0.29) is 9.79 Å². The van der Waals surface area contributed by atoms with Crippen molar-refractivity contribution in [2.45, 2.75) is 16.7 Å². The number of aryl methyl sites for hydroxylation is 1. The summed E-state index contributed by atoms with van der Waals surface area (Å²) in [4.78, 5) is 4.00. The van der Waals surface area contributed by atoms with Crippen LogP contribution in [0.25, 0.3) is 10.9 Å². The maximum atomic E-state index is 13.8. The van der Waals surface area contributed by atoms with Gasteiger partial charge in [0.05, 0.1) is 16.1 Å². The van der Waals surface area contributed by atoms with E-state index in [2.05, 4.69) is 4.98 Å². The van der Waals surface area contributed by atoms with Crippen molar-refractivity contribution >= 4 is 20.7 Å². The third-order valence-corrected chi connectivity index (χ3v) is 5.19. The summed E-state index contributed by atoms with van der Waals surface area (Å²) in [6.07, 6.45) is 0. The zero-order valence-electron chi connectivity index (χ0n) is 11.2. The van der Waals surface area contributed by atoms with Gasteiger partial charge < -0.3 is 0 Å². The van der Waals surface area contributed by atoms with Gasteiger partial charge in [0, 0.05) is 5.39 Å². The van der Waals surface area contributed by atoms with Crippen molar-refractivity contribution in [2.24, 2.45) is 0 Å². The number of fused-ring (bicyclic) bond motifs is 1. The number of para-hydroxylation sites is 1. The van der Waals surface area contributed by atoms with E-state index >= 15 is 0 Å². The lowest BCUT2D eigenvalue weighted by molar-refractivity contribution is 0.566. The number of aromatic nitrogens is 1. The molecule has 1 aromatic heterocycles. The standard InChI is InChI=1S/C16H12FNO2S/c1-11-16(10-12-6-2-4-8-14(12)18-11)21(19,20)15-9-5-3-7-13(15)17/h2-10H,1H3. The SMILES string of the molecule is Cc1nc2ccccc2cc1S(=O)(=O)c1ccccc1F. The molecule has 106 valence electrons. The summed E-state index contributed by atoms with van der Waals surface area (Å²) in [5.74, 6) is -0.759. The Morgan fingerprint density at radius 3 is 2.38 bits per heavy atom. The first-order valence-electron chi connectivity index (χ1n) is 6.36. The highest BCUT2D eigenvalue weighted by atomic mass is 32.2. The minimum atomic E-state index is -3.93. The maximum absolute atomic E-state index is 13.8. The highest BCUT2D eigenvalue weighted by molar-refractivity contribution is 7.91. The van der Waals surface area contributed by atoms with Gasteiger partial charge in [0.2, 0.25) is 9.84 Å². The average molecular weight is 301 g/mol. The molecule has 5 heteroatoms. The van der Waals surface area contributed by atoms with Gasteiger partial charge in [-0.05, 0) is 31.2 Å². The summed E-state index contributed by atoms with van der Waals surface area (Å²) < 4.78 is 39.1. The second kappa shape index (κ2) is 4.93. The molecule has 0 N–H and O–H groups in total. The Labute approximate surface area is 122 Å². The molecular formula is C16H12FNO2S. The molecule has 3 nitrogen and oxygen atoms in total. The van der Waals surface area contributed by atoms with Crippen molar-refractivity contribution in [3.63, 3.8) is 0 Å². The van der Waals surface area contributed by atoms with E-state index in [1.165, 1.54) is 18.2 Å². The molecule has 0 radical (unpaired) electrons. The fraction of sp³-hybridized carbons (Fsp3) is 0.0625. The molecule has 0 unspecified atom stereocenters. The van der Waals surface area contributed by atoms with Crippen molar-refractivity contribution in [1.82, 2.24) is 4.98 Å². The van der Waals surface area contributed by atoms with Crippen LogP contribution in [0.3, 0.4) is 0 Å². The molecule has 2 aromatic carbocycles. The van der Waals surface area contributed by atoms with E-state index in [9.17, 15) is 12.8 Å². The van der Waals surface area contributed by atoms with Crippen LogP contribution in [0.2, 0.25) is 0 Å². The third-order valence-electron chi connectivity index (χ3n) is 3.28. The number of hydrogen-bond acceptors (Lipinski definition) is 3. The minimum Gasteiger partial charge on any atom is -0.252 e. The van der Waals surface area contributed by atoms with Gasteiger partial charge in [-0.1, -0.05) is 30.3 Å². The van der Waals surface area contributed by atoms with Crippen molar-refractivity contribution in [3.05, 3.63) is 66.1 Å². The van der Waals surface area contributed by atoms with Gasteiger partial charge in [-0.15, -0.1) is 0 Å². The third kappa shape index (κ3) is 2.29. The molecule has 0 saturated carbocycles. The summed E-state index contributed by atoms with van der Waals surface area (Å²) in [6.45, 7) is 1.61. The molecule has 0 aliphatic carbocycles. The Balaban J connectivity index is 2.29. The molecule has 3 aromatic rings. The zero-order chi connectivity index (χ0) is 15.0. The average Bonchev–Trinajstić information content (AvgIpc) is 2.46. The molecule has 0 bridgehead atoms. The smallest absolute Gasteiger partial charge is 0.211 e. The van der Waals surface area contributed by atoms with Gasteiger partial charge in [-0.2, -0.15) is 0 Å². The summed E-state index contributed by atoms with van der Waals surface area (Å²) in [5, 5.41) is 0.706. The van der Waals surface area contributed by atoms with Crippen LogP contribution >= 0.6 is 0 Å². The van der Waals surface area contributed by atoms with Gasteiger partial charge in [-0.3, -0.25) is 4.98 Å². The predicted molar refractivity (Wildman–Crippen MR) is 78.3 cm³/mol. The first-order valence-corrected chi connectivity index (χ1v) is 7.84. The van der Waals surface area contributed by atoms with Crippen LogP contribution < -0.4 is 0 Å². The van der Waals surface area contributed by atoms with Crippen LogP contribution in [0, 0.1) is 12.7 Å². The van der Waals surface area contributed by atoms with E-state index in [0.29, 0.717) is 16.6 Å². The van der Waals surface area contributed by atoms with E-state index in [0.717, 1.165) is 6.07 Å². The van der Waals surface area contributed by atoms with Crippen LogP contribution in [-0.4, -0.2) is 13.4 Å². The number of sulfone groups is 1. The van der Waals surface area contributed by atoms with Gasteiger partial charge in [0.1, 0.15) is 10.7 Å². The summed E-state index contributed by atoms with van der Waals surface area (Å²) in [7, 11) is -3.93. The molecular weight excluding hydrogens is 289 g/mol. The summed E-state index contributed by atoms with van der Waals surface area (Å²) >= 11 is 0. The van der Waals surface area contributed by atoms with Crippen LogP contribution in [0.4, 0.5) is 4.39 Å². The second-order valence-electron chi connectivity index (χ2n) is 4.70. The van der Waals surface area contributed by atoms with Crippen LogP contribution in [0.15, 0.2) is 64.4 Å². The topological polar surface area (TPSA) is 47.0 Å². The Hall–Kier alpha value is -2.27. The Bertz CT molecular complexity index is 936. The normalized spacial score (nSPS) is 11.7. The number of hydrogen-bond donors (Lipinski definition) is 0. The van der Waals surface area contributed by atoms with E-state index < -0.39 is 15.7 Å². The maximum Gasteiger partial charge on any atom is 0.211 e. The lowest BCUT2D eigenvalue weighted by Gasteiger charge is -2.09. The first-order chi connectivity index (χ1) is 10.00. The summed E-state index contributed by atoms with van der Waals surface area (Å²) in [5.41, 5.74) is 1.07. The van der Waals surface area contributed by atoms with Gasteiger partial charge in [0.25, 0.3) is 0 Å². The molecule has 3 rings (SSSR count). The van der Waals surface area contributed by atoms with Gasteiger partial charge in [-0.25, -0.2) is 12.8 Å². The number of nitrogens with zero attached hydrogens (tertiary/aromatic N) is 1. The monoisotopic (exact) mass is 301 g/mol. The van der Waals surface area contributed by atoms with Crippen molar-refractivity contribution in [3.8, 4) is 0 Å². The molecule has 0 aliphatic rings. The number of benzene rings is 2. The van der Waals surface area contributed by atoms with Gasteiger partial charge in [0.15, 0.2) is 0 Å². The van der Waals surface area contributed by atoms with Crippen LogP contribution in [0.1, 0.15) is 5.69 Å². The molecule has 0 atom stereocenters. The lowest BCUT2D eigenvalue weighted by Crippen LogP contribution is -2.07. The molecule has 0 amide bonds. The first kappa shape index (κ1) is 13.7. The van der Waals surface area contributed by atoms with Crippen molar-refractivity contribution in [2.75, 3.05) is 0 Å². The quantitative estimate of drug-likeness (QED) is 0.727.